The summed E-state index contributed by atoms with van der Waals surface area (Å²) >= 11 is 0. The molecule has 2 N–H and O–H groups in total. The molecule has 0 aliphatic heterocycles. The van der Waals surface area contributed by atoms with Gasteiger partial charge in [0, 0.05) is 6.04 Å². The summed E-state index contributed by atoms with van der Waals surface area (Å²) in [5.41, 5.74) is 5.11. The summed E-state index contributed by atoms with van der Waals surface area (Å²) in [5.74, 6) is 0. The van der Waals surface area contributed by atoms with E-state index in [2.05, 4.69) is 4.84 Å². The minimum Gasteiger partial charge on any atom is -0.326 e. The molecule has 0 radical (unpaired) electrons. The lowest BCUT2D eigenvalue weighted by Crippen LogP contribution is -2.23. The lowest BCUT2D eigenvalue weighted by Gasteiger charge is -1.99. The fraction of sp³-hybridized carbons (Fsp3) is 1.00. The molecular formula is C3H9ClN2O3. The highest BCUT2D eigenvalue weighted by Crippen LogP contribution is 1.77. The number of hydrogen-bond acceptors (Lipinski definition) is 4. The molecule has 0 spiro atoms. The predicted octanol–water partition coefficient (Wildman–Crippen LogP) is -0.0363. The van der Waals surface area contributed by atoms with Crippen LogP contribution in [-0.2, 0) is 4.84 Å². The summed E-state index contributed by atoms with van der Waals surface area (Å²) in [7, 11) is 0. The second kappa shape index (κ2) is 5.58. The van der Waals surface area contributed by atoms with Crippen LogP contribution in [0.1, 0.15) is 6.92 Å². The van der Waals surface area contributed by atoms with Crippen LogP contribution in [0.3, 0.4) is 0 Å². The standard InChI is InChI=1S/C3H8N2O3.ClH/c1-3(4)2-8-5(6)7;/h3H,2,4H2,1H3;1H. The van der Waals surface area contributed by atoms with E-state index in [-0.39, 0.29) is 25.1 Å². The highest BCUT2D eigenvalue weighted by Gasteiger charge is 1.96. The van der Waals surface area contributed by atoms with Gasteiger partial charge in [0.1, 0.15) is 6.61 Å². The van der Waals surface area contributed by atoms with Crippen molar-refractivity contribution < 1.29 is 9.92 Å². The van der Waals surface area contributed by atoms with Gasteiger partial charge >= 0.3 is 0 Å². The molecule has 0 amide bonds. The molecule has 0 saturated heterocycles. The van der Waals surface area contributed by atoms with Gasteiger partial charge in [0.15, 0.2) is 0 Å². The number of nitrogens with two attached hydrogens (primary N) is 1. The van der Waals surface area contributed by atoms with Crippen LogP contribution in [0.2, 0.25) is 0 Å². The van der Waals surface area contributed by atoms with E-state index in [1.54, 1.807) is 6.92 Å². The van der Waals surface area contributed by atoms with Crippen molar-refractivity contribution in [2.24, 2.45) is 5.73 Å². The highest BCUT2D eigenvalue weighted by molar-refractivity contribution is 5.85. The van der Waals surface area contributed by atoms with Gasteiger partial charge in [0.05, 0.1) is 0 Å². The number of halogens is 1. The number of rotatable bonds is 3. The molecule has 0 rings (SSSR count). The van der Waals surface area contributed by atoms with Crippen molar-refractivity contribution in [2.75, 3.05) is 6.61 Å². The number of nitrogens with zero attached hydrogens (tertiary/aromatic N) is 1. The lowest BCUT2D eigenvalue weighted by molar-refractivity contribution is -0.758. The molecule has 0 bridgehead atoms. The van der Waals surface area contributed by atoms with Crippen molar-refractivity contribution >= 4 is 12.4 Å². The summed E-state index contributed by atoms with van der Waals surface area (Å²) in [6.07, 6.45) is 0. The van der Waals surface area contributed by atoms with Gasteiger partial charge in [-0.25, -0.2) is 0 Å². The third-order valence-corrected chi connectivity index (χ3v) is 0.443. The van der Waals surface area contributed by atoms with Crippen molar-refractivity contribution in [2.45, 2.75) is 13.0 Å². The molecule has 0 aromatic rings. The molecule has 1 atom stereocenters. The highest BCUT2D eigenvalue weighted by atomic mass is 35.5. The SMILES string of the molecule is CC(N)CO[N+](=O)[O-].Cl. The van der Waals surface area contributed by atoms with Crippen molar-refractivity contribution in [3.05, 3.63) is 10.1 Å². The van der Waals surface area contributed by atoms with Gasteiger partial charge in [-0.3, -0.25) is 0 Å². The van der Waals surface area contributed by atoms with Crippen molar-refractivity contribution in [3.8, 4) is 0 Å². The van der Waals surface area contributed by atoms with E-state index < -0.39 is 5.09 Å². The Balaban J connectivity index is 0. The molecule has 5 nitrogen and oxygen atoms in total. The molecule has 0 aliphatic carbocycles. The van der Waals surface area contributed by atoms with Crippen LogP contribution >= 0.6 is 12.4 Å². The molecule has 0 saturated carbocycles. The maximum absolute atomic E-state index is 9.43. The monoisotopic (exact) mass is 156 g/mol. The first-order chi connectivity index (χ1) is 3.63. The van der Waals surface area contributed by atoms with Crippen LogP contribution in [-0.4, -0.2) is 17.7 Å². The van der Waals surface area contributed by atoms with Crippen LogP contribution in [0.4, 0.5) is 0 Å². The zero-order valence-electron chi connectivity index (χ0n) is 4.94. The summed E-state index contributed by atoms with van der Waals surface area (Å²) in [6.45, 7) is 1.59. The summed E-state index contributed by atoms with van der Waals surface area (Å²) < 4.78 is 0. The van der Waals surface area contributed by atoms with Crippen LogP contribution in [0.15, 0.2) is 0 Å². The van der Waals surface area contributed by atoms with Gasteiger partial charge in [-0.1, -0.05) is 0 Å². The van der Waals surface area contributed by atoms with Gasteiger partial charge in [0.2, 0.25) is 0 Å². The molecule has 0 fully saturated rings. The summed E-state index contributed by atoms with van der Waals surface area (Å²) in [5, 5.41) is 8.57. The van der Waals surface area contributed by atoms with Gasteiger partial charge in [-0.15, -0.1) is 22.5 Å². The van der Waals surface area contributed by atoms with Gasteiger partial charge in [-0.2, -0.15) is 0 Å². The second-order valence-corrected chi connectivity index (χ2v) is 1.50. The van der Waals surface area contributed by atoms with Crippen LogP contribution < -0.4 is 5.73 Å². The molecule has 1 unspecified atom stereocenters. The topological polar surface area (TPSA) is 78.4 Å². The minimum absolute atomic E-state index is 0. The van der Waals surface area contributed by atoms with Crippen molar-refractivity contribution in [3.63, 3.8) is 0 Å². The van der Waals surface area contributed by atoms with Gasteiger partial charge in [-0.05, 0) is 6.92 Å². The molecule has 56 valence electrons. The van der Waals surface area contributed by atoms with Crippen LogP contribution in [0.25, 0.3) is 0 Å². The Hall–Kier alpha value is -0.550. The Labute approximate surface area is 58.7 Å². The molecule has 0 aromatic carbocycles. The molecule has 6 heteroatoms. The fourth-order valence-corrected chi connectivity index (χ4v) is 0.178. The maximum atomic E-state index is 9.43. The first-order valence-corrected chi connectivity index (χ1v) is 2.16. The van der Waals surface area contributed by atoms with Gasteiger partial charge in [0.25, 0.3) is 5.09 Å². The quantitative estimate of drug-likeness (QED) is 0.460. The Kier molecular flexibility index (Phi) is 6.99. The Morgan fingerprint density at radius 1 is 1.89 bits per heavy atom. The molecule has 9 heavy (non-hydrogen) atoms. The summed E-state index contributed by atoms with van der Waals surface area (Å²) in [6, 6.07) is -0.277. The third kappa shape index (κ3) is 11.2. The Morgan fingerprint density at radius 3 is 2.44 bits per heavy atom. The smallest absolute Gasteiger partial charge is 0.294 e. The first-order valence-electron chi connectivity index (χ1n) is 2.16. The Morgan fingerprint density at radius 2 is 2.33 bits per heavy atom. The van der Waals surface area contributed by atoms with E-state index in [1.807, 2.05) is 0 Å². The minimum atomic E-state index is -0.858. The molecular weight excluding hydrogens is 147 g/mol. The molecule has 0 aliphatic rings. The second-order valence-electron chi connectivity index (χ2n) is 1.50. The number of hydrogen-bond donors (Lipinski definition) is 1. The van der Waals surface area contributed by atoms with Gasteiger partial charge < -0.3 is 10.6 Å². The van der Waals surface area contributed by atoms with E-state index in [0.29, 0.717) is 0 Å². The van der Waals surface area contributed by atoms with E-state index in [0.717, 1.165) is 0 Å². The average Bonchev–Trinajstić information content (AvgIpc) is 1.61. The van der Waals surface area contributed by atoms with E-state index in [4.69, 9.17) is 5.73 Å². The van der Waals surface area contributed by atoms with Crippen molar-refractivity contribution in [1.82, 2.24) is 0 Å². The fourth-order valence-electron chi connectivity index (χ4n) is 0.178. The van der Waals surface area contributed by atoms with E-state index >= 15 is 0 Å². The molecule has 0 heterocycles. The average molecular weight is 157 g/mol. The normalized spacial score (nSPS) is 11.3. The Bertz CT molecular complexity index is 87.1. The van der Waals surface area contributed by atoms with Crippen molar-refractivity contribution in [1.29, 1.82) is 0 Å². The van der Waals surface area contributed by atoms with E-state index in [9.17, 15) is 10.1 Å². The summed E-state index contributed by atoms with van der Waals surface area (Å²) in [4.78, 5) is 13.3. The largest absolute Gasteiger partial charge is 0.326 e. The maximum Gasteiger partial charge on any atom is 0.294 e. The zero-order valence-corrected chi connectivity index (χ0v) is 5.76. The molecule has 0 aromatic heterocycles. The first kappa shape index (κ1) is 11.3. The third-order valence-electron chi connectivity index (χ3n) is 0.443. The lowest BCUT2D eigenvalue weighted by atomic mass is 10.4. The zero-order chi connectivity index (χ0) is 6.57. The predicted molar refractivity (Wildman–Crippen MR) is 33.8 cm³/mol. The van der Waals surface area contributed by atoms with Crippen LogP contribution in [0, 0.1) is 10.1 Å². The van der Waals surface area contributed by atoms with Crippen LogP contribution in [0.5, 0.6) is 0 Å². The van der Waals surface area contributed by atoms with E-state index in [1.165, 1.54) is 0 Å².